The van der Waals surface area contributed by atoms with E-state index in [0.717, 1.165) is 48.3 Å². The molecule has 1 aromatic carbocycles. The summed E-state index contributed by atoms with van der Waals surface area (Å²) in [6, 6.07) is 8.25. The van der Waals surface area contributed by atoms with Crippen molar-refractivity contribution in [2.24, 2.45) is 0 Å². The number of thiophene rings is 1. The van der Waals surface area contributed by atoms with Gasteiger partial charge in [-0.15, -0.1) is 11.3 Å². The largest absolute Gasteiger partial charge is 0.367 e. The first kappa shape index (κ1) is 20.7. The van der Waals surface area contributed by atoms with E-state index in [1.54, 1.807) is 6.33 Å². The van der Waals surface area contributed by atoms with E-state index in [1.165, 1.54) is 28.7 Å². The zero-order chi connectivity index (χ0) is 21.4. The van der Waals surface area contributed by atoms with Crippen LogP contribution in [0.5, 0.6) is 0 Å². The van der Waals surface area contributed by atoms with Crippen LogP contribution in [0.2, 0.25) is 5.02 Å². The van der Waals surface area contributed by atoms with E-state index in [4.69, 9.17) is 11.6 Å². The van der Waals surface area contributed by atoms with Crippen molar-refractivity contribution in [3.05, 3.63) is 51.6 Å². The molecule has 162 valence electrons. The predicted octanol–water partition coefficient (Wildman–Crippen LogP) is 5.26. The van der Waals surface area contributed by atoms with Gasteiger partial charge >= 0.3 is 0 Å². The van der Waals surface area contributed by atoms with Crippen molar-refractivity contribution in [3.63, 3.8) is 0 Å². The van der Waals surface area contributed by atoms with E-state index in [2.05, 4.69) is 15.3 Å². The Kier molecular flexibility index (Phi) is 5.85. The van der Waals surface area contributed by atoms with Gasteiger partial charge in [0.2, 0.25) is 5.91 Å². The number of fused-ring (bicyclic) bond motifs is 3. The molecule has 0 aliphatic heterocycles. The van der Waals surface area contributed by atoms with Crippen molar-refractivity contribution in [2.75, 3.05) is 12.4 Å². The number of hydrogen-bond donors (Lipinski definition) is 1. The van der Waals surface area contributed by atoms with Gasteiger partial charge in [-0.1, -0.05) is 23.7 Å². The smallest absolute Gasteiger partial charge is 0.226 e. The molecule has 5 rings (SSSR count). The number of aromatic nitrogens is 2. The lowest BCUT2D eigenvalue weighted by molar-refractivity contribution is -0.131. The van der Waals surface area contributed by atoms with Crippen LogP contribution in [0.15, 0.2) is 30.6 Å². The second-order valence-electron chi connectivity index (χ2n) is 8.72. The van der Waals surface area contributed by atoms with Crippen LogP contribution < -0.4 is 5.32 Å². The molecule has 7 heteroatoms. The van der Waals surface area contributed by atoms with Crippen molar-refractivity contribution >= 4 is 44.9 Å². The molecule has 0 unspecified atom stereocenters. The summed E-state index contributed by atoms with van der Waals surface area (Å²) in [6.45, 7) is 0. The third kappa shape index (κ3) is 4.28. The molecular formula is C24H27ClN4OS. The molecule has 2 aliphatic carbocycles. The van der Waals surface area contributed by atoms with Gasteiger partial charge in [0.25, 0.3) is 0 Å². The van der Waals surface area contributed by atoms with Crippen LogP contribution in [-0.4, -0.2) is 39.9 Å². The van der Waals surface area contributed by atoms with Gasteiger partial charge in [0.15, 0.2) is 0 Å². The molecule has 2 aromatic heterocycles. The van der Waals surface area contributed by atoms with Crippen molar-refractivity contribution in [1.82, 2.24) is 14.9 Å². The first-order chi connectivity index (χ1) is 15.1. The maximum Gasteiger partial charge on any atom is 0.226 e. The summed E-state index contributed by atoms with van der Waals surface area (Å²) in [4.78, 5) is 26.4. The maximum atomic E-state index is 12.8. The van der Waals surface area contributed by atoms with Gasteiger partial charge in [-0.2, -0.15) is 0 Å². The van der Waals surface area contributed by atoms with Crippen LogP contribution in [0.1, 0.15) is 48.1 Å². The Labute approximate surface area is 191 Å². The predicted molar refractivity (Wildman–Crippen MR) is 127 cm³/mol. The average Bonchev–Trinajstić information content (AvgIpc) is 3.35. The van der Waals surface area contributed by atoms with Crippen LogP contribution in [0, 0.1) is 0 Å². The molecule has 0 saturated heterocycles. The topological polar surface area (TPSA) is 58.1 Å². The lowest BCUT2D eigenvalue weighted by Gasteiger charge is -2.35. The monoisotopic (exact) mass is 454 g/mol. The Morgan fingerprint density at radius 2 is 2.06 bits per heavy atom. The zero-order valence-electron chi connectivity index (χ0n) is 17.7. The maximum absolute atomic E-state index is 12.8. The molecule has 0 atom stereocenters. The normalized spacial score (nSPS) is 20.6. The second-order valence-corrected chi connectivity index (χ2v) is 10.2. The van der Waals surface area contributed by atoms with Crippen LogP contribution >= 0.6 is 22.9 Å². The van der Waals surface area contributed by atoms with Gasteiger partial charge in [-0.3, -0.25) is 4.79 Å². The Bertz CT molecular complexity index is 1110. The summed E-state index contributed by atoms with van der Waals surface area (Å²) in [5, 5.41) is 5.63. The standard InChI is InChI=1S/C24H27ClN4OS/c1-29(21(30)13-15-4-2-5-16(25)12-15)18-10-8-17(9-11-18)28-23-22-19-6-3-7-20(19)31-24(22)27-14-26-23/h2,4-5,12,14,17-18H,3,6-11,13H2,1H3,(H,26,27,28). The minimum absolute atomic E-state index is 0.157. The summed E-state index contributed by atoms with van der Waals surface area (Å²) in [5.41, 5.74) is 2.43. The fourth-order valence-corrected chi connectivity index (χ4v) is 6.43. The Hall–Kier alpha value is -2.18. The lowest BCUT2D eigenvalue weighted by Crippen LogP contribution is -2.42. The number of hydrogen-bond acceptors (Lipinski definition) is 5. The Morgan fingerprint density at radius 3 is 2.87 bits per heavy atom. The highest BCUT2D eigenvalue weighted by Gasteiger charge is 2.28. The van der Waals surface area contributed by atoms with Crippen LogP contribution in [0.25, 0.3) is 10.2 Å². The van der Waals surface area contributed by atoms with E-state index in [1.807, 2.05) is 47.5 Å². The number of rotatable bonds is 5. The molecule has 1 fully saturated rings. The number of anilines is 1. The van der Waals surface area contributed by atoms with E-state index in [-0.39, 0.29) is 5.91 Å². The van der Waals surface area contributed by atoms with Crippen molar-refractivity contribution in [2.45, 2.75) is 63.5 Å². The number of nitrogens with zero attached hydrogens (tertiary/aromatic N) is 3. The second kappa shape index (κ2) is 8.75. The van der Waals surface area contributed by atoms with Crippen molar-refractivity contribution < 1.29 is 4.79 Å². The first-order valence-electron chi connectivity index (χ1n) is 11.1. The highest BCUT2D eigenvalue weighted by molar-refractivity contribution is 7.19. The number of aryl methyl sites for hydroxylation is 2. The third-order valence-electron chi connectivity index (χ3n) is 6.72. The van der Waals surface area contributed by atoms with Gasteiger partial charge in [-0.25, -0.2) is 9.97 Å². The summed E-state index contributed by atoms with van der Waals surface area (Å²) in [5.74, 6) is 1.16. The highest BCUT2D eigenvalue weighted by Crippen LogP contribution is 2.39. The Morgan fingerprint density at radius 1 is 1.23 bits per heavy atom. The summed E-state index contributed by atoms with van der Waals surface area (Å²) < 4.78 is 0. The van der Waals surface area contributed by atoms with Crippen molar-refractivity contribution in [3.8, 4) is 0 Å². The molecule has 2 aliphatic rings. The number of amides is 1. The number of benzene rings is 1. The highest BCUT2D eigenvalue weighted by atomic mass is 35.5. The number of halogens is 1. The number of carbonyl (C=O) groups is 1. The molecule has 1 amide bonds. The molecule has 31 heavy (non-hydrogen) atoms. The van der Waals surface area contributed by atoms with E-state index >= 15 is 0 Å². The molecular weight excluding hydrogens is 428 g/mol. The molecule has 1 saturated carbocycles. The minimum Gasteiger partial charge on any atom is -0.367 e. The van der Waals surface area contributed by atoms with Gasteiger partial charge in [-0.05, 0) is 68.2 Å². The molecule has 0 radical (unpaired) electrons. The zero-order valence-corrected chi connectivity index (χ0v) is 19.3. The van der Waals surface area contributed by atoms with Gasteiger partial charge in [0.1, 0.15) is 17.0 Å². The lowest BCUT2D eigenvalue weighted by atomic mass is 9.90. The summed E-state index contributed by atoms with van der Waals surface area (Å²) >= 11 is 7.89. The number of carbonyl (C=O) groups excluding carboxylic acids is 1. The van der Waals surface area contributed by atoms with Gasteiger partial charge in [0.05, 0.1) is 11.8 Å². The molecule has 0 spiro atoms. The molecule has 0 bridgehead atoms. The fraction of sp³-hybridized carbons (Fsp3) is 0.458. The molecule has 5 nitrogen and oxygen atoms in total. The van der Waals surface area contributed by atoms with Gasteiger partial charge in [0, 0.05) is 29.0 Å². The molecule has 1 N–H and O–H groups in total. The molecule has 3 aromatic rings. The van der Waals surface area contributed by atoms with E-state index in [9.17, 15) is 4.79 Å². The third-order valence-corrected chi connectivity index (χ3v) is 8.16. The number of nitrogens with one attached hydrogen (secondary N) is 1. The SMILES string of the molecule is CN(C(=O)Cc1cccc(Cl)c1)C1CCC(Nc2ncnc3sc4c(c23)CCC4)CC1. The minimum atomic E-state index is 0.157. The van der Waals surface area contributed by atoms with Crippen LogP contribution in [0.3, 0.4) is 0 Å². The quantitative estimate of drug-likeness (QED) is 0.571. The fourth-order valence-electron chi connectivity index (χ4n) is 4.99. The molecule has 2 heterocycles. The first-order valence-corrected chi connectivity index (χ1v) is 12.3. The Balaban J connectivity index is 1.20. The number of likely N-dealkylation sites (N-methyl/N-ethyl adjacent to an activating group) is 1. The van der Waals surface area contributed by atoms with Crippen LogP contribution in [0.4, 0.5) is 5.82 Å². The summed E-state index contributed by atoms with van der Waals surface area (Å²) in [6.07, 6.45) is 9.74. The van der Waals surface area contributed by atoms with E-state index in [0.29, 0.717) is 23.5 Å². The van der Waals surface area contributed by atoms with Crippen molar-refractivity contribution in [1.29, 1.82) is 0 Å². The van der Waals surface area contributed by atoms with Crippen LogP contribution in [-0.2, 0) is 24.1 Å². The van der Waals surface area contributed by atoms with Gasteiger partial charge < -0.3 is 10.2 Å². The van der Waals surface area contributed by atoms with E-state index < -0.39 is 0 Å². The average molecular weight is 455 g/mol. The summed E-state index contributed by atoms with van der Waals surface area (Å²) in [7, 11) is 1.94.